The molecule has 1 N–H and O–H groups in total. The first-order valence-electron chi connectivity index (χ1n) is 5.65. The van der Waals surface area contributed by atoms with Crippen molar-refractivity contribution < 1.29 is 9.72 Å². The molecule has 1 aromatic carbocycles. The molecule has 1 aromatic heterocycles. The van der Waals surface area contributed by atoms with Gasteiger partial charge in [-0.1, -0.05) is 0 Å². The topological polar surface area (TPSA) is 85.1 Å². The minimum Gasteiger partial charge on any atom is -0.307 e. The highest BCUT2D eigenvalue weighted by atomic mass is 79.9. The van der Waals surface area contributed by atoms with Gasteiger partial charge in [-0.3, -0.25) is 14.9 Å². The van der Waals surface area contributed by atoms with E-state index >= 15 is 0 Å². The van der Waals surface area contributed by atoms with Crippen LogP contribution >= 0.6 is 15.9 Å². The first kappa shape index (κ1) is 14.1. The molecule has 1 amide bonds. The van der Waals surface area contributed by atoms with E-state index in [9.17, 15) is 14.9 Å². The summed E-state index contributed by atoms with van der Waals surface area (Å²) in [4.78, 5) is 26.3. The molecular formula is C13H10BrN3O3. The molecule has 102 valence electrons. The molecule has 0 aliphatic carbocycles. The third-order valence-electron chi connectivity index (χ3n) is 2.63. The number of anilines is 1. The summed E-state index contributed by atoms with van der Waals surface area (Å²) in [5.41, 5.74) is 0.870. The summed E-state index contributed by atoms with van der Waals surface area (Å²) in [7, 11) is 0. The first-order valence-corrected chi connectivity index (χ1v) is 6.44. The van der Waals surface area contributed by atoms with E-state index < -0.39 is 4.92 Å². The number of pyridine rings is 1. The lowest BCUT2D eigenvalue weighted by Gasteiger charge is -2.07. The molecule has 6 nitrogen and oxygen atoms in total. The predicted molar refractivity (Wildman–Crippen MR) is 77.7 cm³/mol. The van der Waals surface area contributed by atoms with Gasteiger partial charge < -0.3 is 5.32 Å². The van der Waals surface area contributed by atoms with Gasteiger partial charge in [-0.15, -0.1) is 0 Å². The van der Waals surface area contributed by atoms with Crippen LogP contribution in [0, 0.1) is 17.0 Å². The Labute approximate surface area is 123 Å². The normalized spacial score (nSPS) is 10.1. The fourth-order valence-electron chi connectivity index (χ4n) is 1.65. The number of amides is 1. The van der Waals surface area contributed by atoms with Crippen molar-refractivity contribution in [2.75, 3.05) is 5.32 Å². The number of carbonyl (C=O) groups is 1. The predicted octanol–water partition coefficient (Wildman–Crippen LogP) is 3.31. The number of nitro groups is 1. The Balaban J connectivity index is 2.21. The van der Waals surface area contributed by atoms with Gasteiger partial charge in [0.25, 0.3) is 11.6 Å². The van der Waals surface area contributed by atoms with E-state index in [-0.39, 0.29) is 11.6 Å². The van der Waals surface area contributed by atoms with Gasteiger partial charge in [-0.25, -0.2) is 4.98 Å². The fourth-order valence-corrected chi connectivity index (χ4v) is 1.88. The molecule has 1 heterocycles. The average molecular weight is 336 g/mol. The minimum absolute atomic E-state index is 0.0409. The molecule has 0 aliphatic heterocycles. The number of nitro benzene ring substituents is 1. The lowest BCUT2D eigenvalue weighted by Crippen LogP contribution is -2.14. The number of non-ortho nitro benzene ring substituents is 1. The number of rotatable bonds is 3. The Morgan fingerprint density at radius 3 is 2.65 bits per heavy atom. The van der Waals surface area contributed by atoms with Crippen molar-refractivity contribution in [2.24, 2.45) is 0 Å². The van der Waals surface area contributed by atoms with Crippen LogP contribution in [-0.2, 0) is 0 Å². The highest BCUT2D eigenvalue weighted by molar-refractivity contribution is 9.10. The highest BCUT2D eigenvalue weighted by Gasteiger charge is 2.13. The molecule has 0 saturated heterocycles. The van der Waals surface area contributed by atoms with Crippen LogP contribution in [0.4, 0.5) is 11.5 Å². The zero-order valence-electron chi connectivity index (χ0n) is 10.5. The van der Waals surface area contributed by atoms with Gasteiger partial charge in [0.1, 0.15) is 5.82 Å². The van der Waals surface area contributed by atoms with Crippen molar-refractivity contribution in [1.82, 2.24) is 4.98 Å². The van der Waals surface area contributed by atoms with Gasteiger partial charge in [-0.05, 0) is 46.6 Å². The van der Waals surface area contributed by atoms with Crippen LogP contribution in [0.25, 0.3) is 0 Å². The standard InChI is InChI=1S/C13H10BrN3O3/c1-8-6-10(17(19)20)3-4-11(8)13(18)16-12-5-2-9(14)7-15-12/h2-7H,1H3,(H,15,16,18). The number of nitrogens with zero attached hydrogens (tertiary/aromatic N) is 2. The Morgan fingerprint density at radius 1 is 1.35 bits per heavy atom. The molecule has 20 heavy (non-hydrogen) atoms. The van der Waals surface area contributed by atoms with Crippen molar-refractivity contribution in [3.8, 4) is 0 Å². The van der Waals surface area contributed by atoms with Crippen LogP contribution < -0.4 is 5.32 Å². The van der Waals surface area contributed by atoms with Gasteiger partial charge in [-0.2, -0.15) is 0 Å². The van der Waals surface area contributed by atoms with E-state index in [1.807, 2.05) is 0 Å². The van der Waals surface area contributed by atoms with E-state index in [0.717, 1.165) is 4.47 Å². The third-order valence-corrected chi connectivity index (χ3v) is 3.10. The van der Waals surface area contributed by atoms with Crippen molar-refractivity contribution in [1.29, 1.82) is 0 Å². The average Bonchev–Trinajstić information content (AvgIpc) is 2.41. The third kappa shape index (κ3) is 3.18. The number of nitrogens with one attached hydrogen (secondary N) is 1. The second-order valence-corrected chi connectivity index (χ2v) is 4.99. The zero-order valence-corrected chi connectivity index (χ0v) is 12.0. The van der Waals surface area contributed by atoms with E-state index in [1.54, 1.807) is 25.3 Å². The summed E-state index contributed by atoms with van der Waals surface area (Å²) in [6.07, 6.45) is 1.57. The molecule has 2 rings (SSSR count). The van der Waals surface area contributed by atoms with Crippen molar-refractivity contribution in [3.63, 3.8) is 0 Å². The summed E-state index contributed by atoms with van der Waals surface area (Å²) in [6, 6.07) is 7.51. The molecule has 7 heteroatoms. The molecule has 0 aliphatic rings. The molecule has 0 spiro atoms. The van der Waals surface area contributed by atoms with Gasteiger partial charge in [0.15, 0.2) is 0 Å². The molecule has 2 aromatic rings. The van der Waals surface area contributed by atoms with Crippen LogP contribution in [0.15, 0.2) is 41.0 Å². The maximum atomic E-state index is 12.1. The summed E-state index contributed by atoms with van der Waals surface area (Å²) in [6.45, 7) is 1.65. The first-order chi connectivity index (χ1) is 9.47. The Kier molecular flexibility index (Phi) is 4.09. The van der Waals surface area contributed by atoms with Crippen molar-refractivity contribution in [2.45, 2.75) is 6.92 Å². The maximum Gasteiger partial charge on any atom is 0.269 e. The lowest BCUT2D eigenvalue weighted by atomic mass is 10.1. The van der Waals surface area contributed by atoms with Gasteiger partial charge in [0.2, 0.25) is 0 Å². The van der Waals surface area contributed by atoms with E-state index in [0.29, 0.717) is 16.9 Å². The summed E-state index contributed by atoms with van der Waals surface area (Å²) >= 11 is 3.25. The van der Waals surface area contributed by atoms with Crippen LogP contribution in [0.3, 0.4) is 0 Å². The number of aryl methyl sites for hydroxylation is 1. The molecule has 0 saturated carbocycles. The highest BCUT2D eigenvalue weighted by Crippen LogP contribution is 2.18. The molecule has 0 atom stereocenters. The number of halogens is 1. The zero-order chi connectivity index (χ0) is 14.7. The maximum absolute atomic E-state index is 12.1. The van der Waals surface area contributed by atoms with Gasteiger partial charge in [0.05, 0.1) is 4.92 Å². The molecule has 0 radical (unpaired) electrons. The molecular weight excluding hydrogens is 326 g/mol. The van der Waals surface area contributed by atoms with Crippen LogP contribution in [0.5, 0.6) is 0 Å². The number of hydrogen-bond acceptors (Lipinski definition) is 4. The van der Waals surface area contributed by atoms with Gasteiger partial charge in [0, 0.05) is 28.4 Å². The molecule has 0 unspecified atom stereocenters. The number of carbonyl (C=O) groups excluding carboxylic acids is 1. The molecule has 0 bridgehead atoms. The second-order valence-electron chi connectivity index (χ2n) is 4.07. The van der Waals surface area contributed by atoms with Gasteiger partial charge >= 0.3 is 0 Å². The Morgan fingerprint density at radius 2 is 2.10 bits per heavy atom. The summed E-state index contributed by atoms with van der Waals surface area (Å²) < 4.78 is 0.807. The smallest absolute Gasteiger partial charge is 0.269 e. The monoisotopic (exact) mass is 335 g/mol. The van der Waals surface area contributed by atoms with Crippen LogP contribution in [0.2, 0.25) is 0 Å². The summed E-state index contributed by atoms with van der Waals surface area (Å²) in [5, 5.41) is 13.3. The van der Waals surface area contributed by atoms with Crippen molar-refractivity contribution >= 4 is 33.3 Å². The second kappa shape index (κ2) is 5.79. The summed E-state index contributed by atoms with van der Waals surface area (Å²) in [5.74, 6) is 0.0585. The lowest BCUT2D eigenvalue weighted by molar-refractivity contribution is -0.384. The van der Waals surface area contributed by atoms with E-state index in [4.69, 9.17) is 0 Å². The van der Waals surface area contributed by atoms with Crippen LogP contribution in [-0.4, -0.2) is 15.8 Å². The SMILES string of the molecule is Cc1cc([N+](=O)[O-])ccc1C(=O)Nc1ccc(Br)cn1. The van der Waals surface area contributed by atoms with E-state index in [1.165, 1.54) is 18.2 Å². The minimum atomic E-state index is -0.495. The Hall–Kier alpha value is -2.28. The number of benzene rings is 1. The number of hydrogen-bond donors (Lipinski definition) is 1. The van der Waals surface area contributed by atoms with Crippen LogP contribution in [0.1, 0.15) is 15.9 Å². The Bertz CT molecular complexity index is 671. The van der Waals surface area contributed by atoms with E-state index in [2.05, 4.69) is 26.2 Å². The molecule has 0 fully saturated rings. The number of aromatic nitrogens is 1. The van der Waals surface area contributed by atoms with Crippen molar-refractivity contribution in [3.05, 3.63) is 62.2 Å². The fraction of sp³-hybridized carbons (Fsp3) is 0.0769. The quantitative estimate of drug-likeness (QED) is 0.688. The largest absolute Gasteiger partial charge is 0.307 e.